The minimum absolute atomic E-state index is 0.125. The molecule has 0 radical (unpaired) electrons. The van der Waals surface area contributed by atoms with Gasteiger partial charge >= 0.3 is 0 Å². The molecule has 0 aliphatic heterocycles. The maximum Gasteiger partial charge on any atom is 0.103 e. The molecule has 0 saturated heterocycles. The van der Waals surface area contributed by atoms with Crippen LogP contribution in [0.1, 0.15) is 52.7 Å². The highest BCUT2D eigenvalue weighted by Crippen LogP contribution is 2.59. The third-order valence-corrected chi connectivity index (χ3v) is 5.92. The van der Waals surface area contributed by atoms with E-state index in [9.17, 15) is 0 Å². The molecule has 1 N–H and O–H groups in total. The first kappa shape index (κ1) is 31.5. The van der Waals surface area contributed by atoms with Crippen LogP contribution in [0.3, 0.4) is 0 Å². The van der Waals surface area contributed by atoms with Gasteiger partial charge in [0.1, 0.15) is 4.03 Å². The zero-order valence-corrected chi connectivity index (χ0v) is 27.1. The predicted octanol–water partition coefficient (Wildman–Crippen LogP) is 10.9. The lowest BCUT2D eigenvalue weighted by Gasteiger charge is -2.17. The molecule has 0 spiro atoms. The van der Waals surface area contributed by atoms with E-state index in [2.05, 4.69) is 140 Å². The standard InChI is InChI=1S/C11H15BrS.C11H16OS.Br3P/c2*1-11(2,3)13-10-6-4-9(8-12)5-7-10;1-4(2)3/h4-7H,8H2,1-3H3;4-7,12H,8H2,1-3H3;. The number of benzene rings is 2. The second-order valence-electron chi connectivity index (χ2n) is 8.20. The second-order valence-corrected chi connectivity index (χ2v) is 27.9. The molecule has 8 heteroatoms. The summed E-state index contributed by atoms with van der Waals surface area (Å²) in [4.78, 5) is 2.60. The van der Waals surface area contributed by atoms with Gasteiger partial charge in [-0.1, -0.05) is 81.7 Å². The van der Waals surface area contributed by atoms with Crippen molar-refractivity contribution in [2.24, 2.45) is 0 Å². The smallest absolute Gasteiger partial charge is 0.103 e. The summed E-state index contributed by atoms with van der Waals surface area (Å²) >= 11 is 16.7. The third kappa shape index (κ3) is 19.0. The fourth-order valence-electron chi connectivity index (χ4n) is 2.02. The van der Waals surface area contributed by atoms with Gasteiger partial charge in [-0.3, -0.25) is 0 Å². The van der Waals surface area contributed by atoms with E-state index in [-0.39, 0.29) is 15.4 Å². The molecule has 1 nitrogen and oxygen atoms in total. The minimum Gasteiger partial charge on any atom is -0.392 e. The van der Waals surface area contributed by atoms with Crippen molar-refractivity contribution in [1.82, 2.24) is 0 Å². The Morgan fingerprint density at radius 3 is 1.23 bits per heavy atom. The average Bonchev–Trinajstić information content (AvgIpc) is 2.60. The van der Waals surface area contributed by atoms with Crippen molar-refractivity contribution in [3.63, 3.8) is 0 Å². The van der Waals surface area contributed by atoms with Gasteiger partial charge in [-0.25, -0.2) is 0 Å². The van der Waals surface area contributed by atoms with Gasteiger partial charge < -0.3 is 5.11 Å². The van der Waals surface area contributed by atoms with Crippen molar-refractivity contribution in [3.8, 4) is 0 Å². The number of aliphatic hydroxyl groups is 1. The van der Waals surface area contributed by atoms with Crippen molar-refractivity contribution < 1.29 is 5.11 Å². The van der Waals surface area contributed by atoms with Gasteiger partial charge in [0.15, 0.2) is 0 Å². The van der Waals surface area contributed by atoms with Crippen molar-refractivity contribution in [2.45, 2.75) is 72.8 Å². The minimum atomic E-state index is -0.183. The number of hydrogen-bond donors (Lipinski definition) is 1. The van der Waals surface area contributed by atoms with Crippen molar-refractivity contribution in [2.75, 3.05) is 0 Å². The Morgan fingerprint density at radius 1 is 0.700 bits per heavy atom. The zero-order chi connectivity index (χ0) is 23.4. The summed E-state index contributed by atoms with van der Waals surface area (Å²) in [5.74, 6) is 0. The Morgan fingerprint density at radius 2 is 1.00 bits per heavy atom. The van der Waals surface area contributed by atoms with Crippen LogP contribution in [0.2, 0.25) is 0 Å². The largest absolute Gasteiger partial charge is 0.392 e. The summed E-state index contributed by atoms with van der Waals surface area (Å²) in [6.07, 6.45) is 0. The lowest BCUT2D eigenvalue weighted by atomic mass is 10.2. The van der Waals surface area contributed by atoms with Gasteiger partial charge in [0.25, 0.3) is 0 Å². The van der Waals surface area contributed by atoms with Crippen molar-refractivity contribution in [3.05, 3.63) is 59.7 Å². The van der Waals surface area contributed by atoms with Crippen LogP contribution in [-0.4, -0.2) is 14.6 Å². The van der Waals surface area contributed by atoms with Gasteiger partial charge in [0, 0.05) is 24.6 Å². The van der Waals surface area contributed by atoms with Gasteiger partial charge in [0.05, 0.1) is 6.61 Å². The molecule has 0 amide bonds. The Bertz CT molecular complexity index is 635. The Hall–Kier alpha value is 1.45. The van der Waals surface area contributed by atoms with Crippen LogP contribution in [0.25, 0.3) is 0 Å². The molecule has 30 heavy (non-hydrogen) atoms. The highest BCUT2D eigenvalue weighted by molar-refractivity contribution is 9.93. The Balaban J connectivity index is 0.000000477. The van der Waals surface area contributed by atoms with Gasteiger partial charge in [0.2, 0.25) is 0 Å². The molecular formula is C22H31Br4OPS2. The quantitative estimate of drug-likeness (QED) is 0.193. The van der Waals surface area contributed by atoms with Gasteiger partial charge in [-0.15, -0.1) is 23.5 Å². The third-order valence-electron chi connectivity index (χ3n) is 3.03. The topological polar surface area (TPSA) is 20.2 Å². The summed E-state index contributed by atoms with van der Waals surface area (Å²) < 4.78 is 0.369. The van der Waals surface area contributed by atoms with E-state index in [1.54, 1.807) is 0 Å². The predicted molar refractivity (Wildman–Crippen MR) is 156 cm³/mol. The van der Waals surface area contributed by atoms with Crippen LogP contribution in [0, 0.1) is 0 Å². The van der Waals surface area contributed by atoms with E-state index >= 15 is 0 Å². The van der Waals surface area contributed by atoms with Crippen molar-refractivity contribution in [1.29, 1.82) is 0 Å². The normalized spacial score (nSPS) is 11.3. The monoisotopic (exact) mass is 722 g/mol. The molecule has 0 aliphatic carbocycles. The van der Waals surface area contributed by atoms with Crippen LogP contribution in [0.4, 0.5) is 0 Å². The SMILES string of the molecule is BrP(Br)Br.CC(C)(C)Sc1ccc(CBr)cc1.CC(C)(C)Sc1ccc(CO)cc1. The number of alkyl halides is 1. The molecular weight excluding hydrogens is 695 g/mol. The second kappa shape index (κ2) is 16.1. The highest BCUT2D eigenvalue weighted by Gasteiger charge is 2.12. The fraction of sp³-hybridized carbons (Fsp3) is 0.455. The van der Waals surface area contributed by atoms with Crippen LogP contribution < -0.4 is 0 Å². The summed E-state index contributed by atoms with van der Waals surface area (Å²) in [5, 5.41) is 9.79. The number of hydrogen-bond acceptors (Lipinski definition) is 3. The summed E-state index contributed by atoms with van der Waals surface area (Å²) in [6, 6.07) is 16.8. The molecule has 0 saturated carbocycles. The summed E-state index contributed by atoms with van der Waals surface area (Å²) in [7, 11) is 0. The lowest BCUT2D eigenvalue weighted by molar-refractivity contribution is 0.282. The first-order chi connectivity index (χ1) is 13.8. The average molecular weight is 726 g/mol. The first-order valence-corrected chi connectivity index (χ1v) is 19.4. The van der Waals surface area contributed by atoms with Gasteiger partial charge in [-0.05, 0) is 81.9 Å². The lowest BCUT2D eigenvalue weighted by Crippen LogP contribution is -2.06. The number of aliphatic hydroxyl groups excluding tert-OH is 1. The molecule has 2 aromatic rings. The summed E-state index contributed by atoms with van der Waals surface area (Å²) in [5.41, 5.74) is 2.30. The van der Waals surface area contributed by atoms with E-state index in [1.807, 2.05) is 35.7 Å². The summed E-state index contributed by atoms with van der Waals surface area (Å²) in [6.45, 7) is 13.4. The van der Waals surface area contributed by atoms with E-state index in [1.165, 1.54) is 15.4 Å². The van der Waals surface area contributed by atoms with Crippen LogP contribution in [-0.2, 0) is 11.9 Å². The number of halogens is 4. The number of rotatable bonds is 4. The maximum atomic E-state index is 8.85. The van der Waals surface area contributed by atoms with Crippen molar-refractivity contribution >= 4 is 90.0 Å². The molecule has 0 fully saturated rings. The molecule has 2 aromatic carbocycles. The highest BCUT2D eigenvalue weighted by atomic mass is 80.0. The van der Waals surface area contributed by atoms with E-state index in [0.717, 1.165) is 10.9 Å². The van der Waals surface area contributed by atoms with E-state index in [0.29, 0.717) is 4.75 Å². The molecule has 0 aliphatic rings. The Labute approximate surface area is 225 Å². The molecule has 170 valence electrons. The first-order valence-electron chi connectivity index (χ1n) is 9.26. The maximum absolute atomic E-state index is 8.85. The van der Waals surface area contributed by atoms with E-state index in [4.69, 9.17) is 5.11 Å². The molecule has 2 rings (SSSR count). The molecule has 0 heterocycles. The van der Waals surface area contributed by atoms with Crippen LogP contribution in [0.15, 0.2) is 58.3 Å². The van der Waals surface area contributed by atoms with Crippen LogP contribution in [0.5, 0.6) is 0 Å². The van der Waals surface area contributed by atoms with E-state index < -0.39 is 0 Å². The fourth-order valence-corrected chi connectivity index (χ4v) is 4.35. The van der Waals surface area contributed by atoms with Crippen LogP contribution >= 0.6 is 90.0 Å². The Kier molecular flexibility index (Phi) is 16.9. The van der Waals surface area contributed by atoms with Gasteiger partial charge in [-0.2, -0.15) is 0 Å². The zero-order valence-electron chi connectivity index (χ0n) is 18.3. The molecule has 0 bridgehead atoms. The number of thioether (sulfide) groups is 2. The molecule has 0 unspecified atom stereocenters. The molecule has 0 atom stereocenters. The molecule has 0 aromatic heterocycles.